The van der Waals surface area contributed by atoms with E-state index >= 15 is 0 Å². The number of hydrogen-bond acceptors (Lipinski definition) is 4. The van der Waals surface area contributed by atoms with Crippen LogP contribution in [-0.4, -0.2) is 40.0 Å². The number of benzene rings is 1. The van der Waals surface area contributed by atoms with Crippen molar-refractivity contribution in [1.29, 1.82) is 0 Å². The van der Waals surface area contributed by atoms with Gasteiger partial charge in [0.1, 0.15) is 5.75 Å². The maximum Gasteiger partial charge on any atom is 0.118 e. The van der Waals surface area contributed by atoms with Crippen LogP contribution in [0.2, 0.25) is 0 Å². The maximum atomic E-state index is 5.96. The lowest BCUT2D eigenvalue weighted by Crippen LogP contribution is -2.24. The van der Waals surface area contributed by atoms with E-state index in [-0.39, 0.29) is 6.10 Å². The third-order valence-electron chi connectivity index (χ3n) is 3.07. The van der Waals surface area contributed by atoms with Gasteiger partial charge in [-0.25, -0.2) is 0 Å². The summed E-state index contributed by atoms with van der Waals surface area (Å²) < 4.78 is 16.7. The first-order chi connectivity index (χ1) is 10.2. The molecule has 0 saturated heterocycles. The second kappa shape index (κ2) is 10.6. The summed E-state index contributed by atoms with van der Waals surface area (Å²) in [6.45, 7) is 10.1. The SMILES string of the molecule is CCNCC(OCCOCC(C)C)c1ccc(OC)cc1. The zero-order valence-electron chi connectivity index (χ0n) is 13.7. The Morgan fingerprint density at radius 1 is 1.10 bits per heavy atom. The van der Waals surface area contributed by atoms with Crippen LogP contribution in [-0.2, 0) is 9.47 Å². The molecule has 4 nitrogen and oxygen atoms in total. The van der Waals surface area contributed by atoms with Crippen molar-refractivity contribution in [3.63, 3.8) is 0 Å². The highest BCUT2D eigenvalue weighted by atomic mass is 16.5. The average molecular weight is 295 g/mol. The van der Waals surface area contributed by atoms with E-state index in [1.807, 2.05) is 12.1 Å². The Labute approximate surface area is 128 Å². The zero-order valence-corrected chi connectivity index (χ0v) is 13.7. The van der Waals surface area contributed by atoms with Crippen molar-refractivity contribution < 1.29 is 14.2 Å². The molecule has 1 aromatic carbocycles. The minimum absolute atomic E-state index is 0.0403. The minimum Gasteiger partial charge on any atom is -0.497 e. The average Bonchev–Trinajstić information content (AvgIpc) is 2.50. The second-order valence-electron chi connectivity index (χ2n) is 5.41. The van der Waals surface area contributed by atoms with E-state index in [1.54, 1.807) is 7.11 Å². The molecule has 1 unspecified atom stereocenters. The van der Waals surface area contributed by atoms with Gasteiger partial charge in [0.05, 0.1) is 26.4 Å². The molecule has 0 amide bonds. The maximum absolute atomic E-state index is 5.96. The lowest BCUT2D eigenvalue weighted by atomic mass is 10.1. The first kappa shape index (κ1) is 18.0. The first-order valence-corrected chi connectivity index (χ1v) is 7.71. The Bertz CT molecular complexity index is 365. The fraction of sp³-hybridized carbons (Fsp3) is 0.647. The van der Waals surface area contributed by atoms with Crippen molar-refractivity contribution in [1.82, 2.24) is 5.32 Å². The summed E-state index contributed by atoms with van der Waals surface area (Å²) in [5.41, 5.74) is 1.15. The Morgan fingerprint density at radius 3 is 2.38 bits per heavy atom. The molecule has 0 saturated carbocycles. The van der Waals surface area contributed by atoms with Gasteiger partial charge in [0.2, 0.25) is 0 Å². The van der Waals surface area contributed by atoms with Crippen LogP contribution in [0.4, 0.5) is 0 Å². The molecule has 1 rings (SSSR count). The Morgan fingerprint density at radius 2 is 1.81 bits per heavy atom. The van der Waals surface area contributed by atoms with Gasteiger partial charge in [-0.1, -0.05) is 32.9 Å². The van der Waals surface area contributed by atoms with Crippen LogP contribution in [0.3, 0.4) is 0 Å². The van der Waals surface area contributed by atoms with Crippen LogP contribution in [0.25, 0.3) is 0 Å². The molecule has 4 heteroatoms. The Hall–Kier alpha value is -1.10. The summed E-state index contributed by atoms with van der Waals surface area (Å²) in [6, 6.07) is 8.03. The van der Waals surface area contributed by atoms with Gasteiger partial charge < -0.3 is 19.5 Å². The highest BCUT2D eigenvalue weighted by Gasteiger charge is 2.11. The molecule has 0 fully saturated rings. The van der Waals surface area contributed by atoms with Crippen molar-refractivity contribution in [3.8, 4) is 5.75 Å². The van der Waals surface area contributed by atoms with Crippen LogP contribution >= 0.6 is 0 Å². The Kier molecular flexibility index (Phi) is 9.06. The second-order valence-corrected chi connectivity index (χ2v) is 5.41. The molecule has 0 bridgehead atoms. The lowest BCUT2D eigenvalue weighted by molar-refractivity contribution is -0.00114. The molecular formula is C17H29NO3. The van der Waals surface area contributed by atoms with Crippen molar-refractivity contribution >= 4 is 0 Å². The molecule has 1 aromatic rings. The number of likely N-dealkylation sites (N-methyl/N-ethyl adjacent to an activating group) is 1. The van der Waals surface area contributed by atoms with Crippen molar-refractivity contribution in [3.05, 3.63) is 29.8 Å². The third-order valence-corrected chi connectivity index (χ3v) is 3.07. The highest BCUT2D eigenvalue weighted by Crippen LogP contribution is 2.20. The number of rotatable bonds is 11. The van der Waals surface area contributed by atoms with Crippen molar-refractivity contribution in [2.45, 2.75) is 26.9 Å². The summed E-state index contributed by atoms with van der Waals surface area (Å²) in [7, 11) is 1.67. The van der Waals surface area contributed by atoms with Crippen LogP contribution < -0.4 is 10.1 Å². The fourth-order valence-electron chi connectivity index (χ4n) is 1.94. The highest BCUT2D eigenvalue weighted by molar-refractivity contribution is 5.28. The summed E-state index contributed by atoms with van der Waals surface area (Å²) in [5.74, 6) is 1.42. The van der Waals surface area contributed by atoms with E-state index in [1.165, 1.54) is 0 Å². The van der Waals surface area contributed by atoms with E-state index in [0.29, 0.717) is 19.1 Å². The smallest absolute Gasteiger partial charge is 0.118 e. The molecule has 1 N–H and O–H groups in total. The summed E-state index contributed by atoms with van der Waals surface area (Å²) >= 11 is 0. The monoisotopic (exact) mass is 295 g/mol. The van der Waals surface area contributed by atoms with Gasteiger partial charge in [-0.05, 0) is 30.2 Å². The van der Waals surface area contributed by atoms with E-state index in [0.717, 1.165) is 31.0 Å². The van der Waals surface area contributed by atoms with Crippen molar-refractivity contribution in [2.24, 2.45) is 5.92 Å². The van der Waals surface area contributed by atoms with Crippen LogP contribution in [0.1, 0.15) is 32.4 Å². The predicted octanol–water partition coefficient (Wildman–Crippen LogP) is 3.04. The first-order valence-electron chi connectivity index (χ1n) is 7.71. The minimum atomic E-state index is 0.0403. The molecular weight excluding hydrogens is 266 g/mol. The largest absolute Gasteiger partial charge is 0.497 e. The number of hydrogen-bond donors (Lipinski definition) is 1. The van der Waals surface area contributed by atoms with Gasteiger partial charge in [-0.15, -0.1) is 0 Å². The summed E-state index contributed by atoms with van der Waals surface area (Å²) in [4.78, 5) is 0. The van der Waals surface area contributed by atoms with E-state index < -0.39 is 0 Å². The van der Waals surface area contributed by atoms with Crippen LogP contribution in [0.15, 0.2) is 24.3 Å². The van der Waals surface area contributed by atoms with E-state index in [9.17, 15) is 0 Å². The molecule has 0 aliphatic rings. The normalized spacial score (nSPS) is 12.6. The fourth-order valence-corrected chi connectivity index (χ4v) is 1.94. The topological polar surface area (TPSA) is 39.7 Å². The molecule has 120 valence electrons. The number of ether oxygens (including phenoxy) is 3. The third kappa shape index (κ3) is 7.46. The van der Waals surface area contributed by atoms with Gasteiger partial charge in [-0.2, -0.15) is 0 Å². The van der Waals surface area contributed by atoms with E-state index in [4.69, 9.17) is 14.2 Å². The summed E-state index contributed by atoms with van der Waals surface area (Å²) in [5, 5.41) is 3.34. The van der Waals surface area contributed by atoms with Gasteiger partial charge in [0.15, 0.2) is 0 Å². The zero-order chi connectivity index (χ0) is 15.5. The Balaban J connectivity index is 2.46. The molecule has 0 aromatic heterocycles. The molecule has 0 radical (unpaired) electrons. The molecule has 0 aliphatic heterocycles. The quantitative estimate of drug-likeness (QED) is 0.637. The molecule has 0 spiro atoms. The molecule has 21 heavy (non-hydrogen) atoms. The lowest BCUT2D eigenvalue weighted by Gasteiger charge is -2.19. The summed E-state index contributed by atoms with van der Waals surface area (Å²) in [6.07, 6.45) is 0.0403. The van der Waals surface area contributed by atoms with Gasteiger partial charge in [0.25, 0.3) is 0 Å². The molecule has 0 aliphatic carbocycles. The number of methoxy groups -OCH3 is 1. The molecule has 0 heterocycles. The van der Waals surface area contributed by atoms with Gasteiger partial charge >= 0.3 is 0 Å². The van der Waals surface area contributed by atoms with E-state index in [2.05, 4.69) is 38.2 Å². The molecule has 1 atom stereocenters. The van der Waals surface area contributed by atoms with Gasteiger partial charge in [0, 0.05) is 13.2 Å². The standard InChI is InChI=1S/C17H29NO3/c1-5-18-12-17(21-11-10-20-13-14(2)3)15-6-8-16(19-4)9-7-15/h6-9,14,17-18H,5,10-13H2,1-4H3. The van der Waals surface area contributed by atoms with Crippen LogP contribution in [0.5, 0.6) is 5.75 Å². The number of nitrogens with one attached hydrogen (secondary N) is 1. The van der Waals surface area contributed by atoms with Crippen molar-refractivity contribution in [2.75, 3.05) is 40.0 Å². The van der Waals surface area contributed by atoms with Gasteiger partial charge in [-0.3, -0.25) is 0 Å². The van der Waals surface area contributed by atoms with Crippen LogP contribution in [0, 0.1) is 5.92 Å². The predicted molar refractivity (Wildman–Crippen MR) is 85.9 cm³/mol.